The Labute approximate surface area is 173 Å². The first-order chi connectivity index (χ1) is 14.4. The minimum Gasteiger partial charge on any atom is -0.426 e. The molecule has 0 N–H and O–H groups in total. The summed E-state index contributed by atoms with van der Waals surface area (Å²) in [5, 5.41) is 0. The van der Waals surface area contributed by atoms with E-state index in [-0.39, 0.29) is 17.1 Å². The van der Waals surface area contributed by atoms with Crippen LogP contribution in [0.15, 0.2) is 12.1 Å². The maximum atomic E-state index is 13.3. The molecule has 0 spiro atoms. The molecule has 0 aromatic heterocycles. The molecule has 4 aliphatic rings. The van der Waals surface area contributed by atoms with Gasteiger partial charge >= 0.3 is 5.97 Å². The summed E-state index contributed by atoms with van der Waals surface area (Å²) in [7, 11) is 0. The van der Waals surface area contributed by atoms with Crippen molar-refractivity contribution in [3.05, 3.63) is 29.6 Å². The molecule has 1 saturated carbocycles. The van der Waals surface area contributed by atoms with E-state index in [0.29, 0.717) is 57.6 Å². The highest BCUT2D eigenvalue weighted by atomic mass is 19.2. The van der Waals surface area contributed by atoms with Gasteiger partial charge in [0.2, 0.25) is 0 Å². The number of esters is 1. The van der Waals surface area contributed by atoms with E-state index in [9.17, 15) is 18.0 Å². The van der Waals surface area contributed by atoms with Crippen LogP contribution in [0.3, 0.4) is 0 Å². The van der Waals surface area contributed by atoms with Crippen molar-refractivity contribution >= 4 is 5.97 Å². The molecule has 3 aliphatic heterocycles. The van der Waals surface area contributed by atoms with Crippen LogP contribution in [-0.4, -0.2) is 31.8 Å². The van der Waals surface area contributed by atoms with Crippen LogP contribution in [-0.2, 0) is 19.0 Å². The lowest BCUT2D eigenvalue weighted by Crippen LogP contribution is -2.63. The lowest BCUT2D eigenvalue weighted by Gasteiger charge is -2.55. The van der Waals surface area contributed by atoms with Crippen LogP contribution in [0, 0.1) is 34.7 Å². The number of hydrogen-bond acceptors (Lipinski definition) is 5. The normalized spacial score (nSPS) is 33.5. The molecule has 0 unspecified atom stereocenters. The Morgan fingerprint density at radius 1 is 1.03 bits per heavy atom. The van der Waals surface area contributed by atoms with Crippen molar-refractivity contribution in [2.75, 3.05) is 19.8 Å². The summed E-state index contributed by atoms with van der Waals surface area (Å²) in [6.07, 6.45) is 5.58. The van der Waals surface area contributed by atoms with Crippen molar-refractivity contribution in [3.8, 4) is 5.75 Å². The number of hydrogen-bond donors (Lipinski definition) is 0. The van der Waals surface area contributed by atoms with E-state index >= 15 is 0 Å². The molecule has 30 heavy (non-hydrogen) atoms. The molecule has 5 nitrogen and oxygen atoms in total. The molecule has 0 radical (unpaired) electrons. The molecule has 3 saturated heterocycles. The molecule has 4 fully saturated rings. The summed E-state index contributed by atoms with van der Waals surface area (Å²) in [5.74, 6) is -6.73. The summed E-state index contributed by atoms with van der Waals surface area (Å²) >= 11 is 0. The van der Waals surface area contributed by atoms with Gasteiger partial charge in [-0.15, -0.1) is 0 Å². The molecule has 2 bridgehead atoms. The lowest BCUT2D eigenvalue weighted by molar-refractivity contribution is -0.488. The molecule has 1 aromatic carbocycles. The van der Waals surface area contributed by atoms with Gasteiger partial charge in [-0.05, 0) is 32.1 Å². The zero-order valence-corrected chi connectivity index (χ0v) is 17.1. The zero-order chi connectivity index (χ0) is 21.4. The standard InChI is InChI=1S/C22H27F3O5/c1-2-3-8-21-11-27-22(28-12-21,29-13-21)15-6-4-14(5-7-15)20(26)30-16-9-17(23)19(25)18(24)10-16/h9-10,14-15H,2-8,11-13H2,1H3. The largest absolute Gasteiger partial charge is 0.426 e. The van der Waals surface area contributed by atoms with E-state index in [1.807, 2.05) is 0 Å². The van der Waals surface area contributed by atoms with Crippen molar-refractivity contribution in [2.45, 2.75) is 57.8 Å². The van der Waals surface area contributed by atoms with E-state index in [2.05, 4.69) is 6.92 Å². The van der Waals surface area contributed by atoms with Gasteiger partial charge in [-0.25, -0.2) is 13.2 Å². The Balaban J connectivity index is 1.31. The fourth-order valence-corrected chi connectivity index (χ4v) is 4.61. The van der Waals surface area contributed by atoms with Crippen LogP contribution in [0.2, 0.25) is 0 Å². The van der Waals surface area contributed by atoms with E-state index in [1.165, 1.54) is 0 Å². The molecule has 8 heteroatoms. The number of carbonyl (C=O) groups is 1. The maximum Gasteiger partial charge on any atom is 0.314 e. The molecule has 0 amide bonds. The molecule has 166 valence electrons. The molecule has 3 heterocycles. The number of unbranched alkanes of at least 4 members (excludes halogenated alkanes) is 1. The van der Waals surface area contributed by atoms with E-state index in [0.717, 1.165) is 19.3 Å². The lowest BCUT2D eigenvalue weighted by atomic mass is 9.78. The highest BCUT2D eigenvalue weighted by Crippen LogP contribution is 2.48. The van der Waals surface area contributed by atoms with Crippen LogP contribution in [0.4, 0.5) is 13.2 Å². The fraction of sp³-hybridized carbons (Fsp3) is 0.682. The van der Waals surface area contributed by atoms with Crippen LogP contribution >= 0.6 is 0 Å². The fourth-order valence-electron chi connectivity index (χ4n) is 4.61. The second-order valence-electron chi connectivity index (χ2n) is 8.74. The SMILES string of the molecule is CCCCC12COC(C3CCC(C(=O)Oc4cc(F)c(F)c(F)c4)CC3)(OC1)OC2. The van der Waals surface area contributed by atoms with E-state index < -0.39 is 35.3 Å². The summed E-state index contributed by atoms with van der Waals surface area (Å²) in [6, 6.07) is 1.34. The van der Waals surface area contributed by atoms with E-state index in [4.69, 9.17) is 18.9 Å². The van der Waals surface area contributed by atoms with Gasteiger partial charge in [0.1, 0.15) is 5.75 Å². The van der Waals surface area contributed by atoms with Crippen molar-refractivity contribution in [1.82, 2.24) is 0 Å². The molecule has 0 atom stereocenters. The third-order valence-corrected chi connectivity index (χ3v) is 6.54. The molecular formula is C22H27F3O5. The number of carbonyl (C=O) groups excluding carboxylic acids is 1. The number of halogens is 3. The van der Waals surface area contributed by atoms with Gasteiger partial charge < -0.3 is 18.9 Å². The Hall–Kier alpha value is -1.64. The first-order valence-corrected chi connectivity index (χ1v) is 10.6. The van der Waals surface area contributed by atoms with Crippen molar-refractivity contribution in [2.24, 2.45) is 17.3 Å². The van der Waals surface area contributed by atoms with Gasteiger partial charge in [-0.2, -0.15) is 0 Å². The number of rotatable bonds is 6. The Morgan fingerprint density at radius 3 is 2.13 bits per heavy atom. The summed E-state index contributed by atoms with van der Waals surface area (Å²) in [4.78, 5) is 12.4. The van der Waals surface area contributed by atoms with Gasteiger partial charge in [0.05, 0.1) is 25.7 Å². The van der Waals surface area contributed by atoms with Crippen LogP contribution < -0.4 is 4.74 Å². The van der Waals surface area contributed by atoms with E-state index in [1.54, 1.807) is 0 Å². The average Bonchev–Trinajstić information content (AvgIpc) is 2.77. The minimum absolute atomic E-state index is 0.00624. The molecule has 5 rings (SSSR count). The van der Waals surface area contributed by atoms with Gasteiger partial charge in [0, 0.05) is 23.5 Å². The predicted molar refractivity (Wildman–Crippen MR) is 99.9 cm³/mol. The summed E-state index contributed by atoms with van der Waals surface area (Å²) < 4.78 is 62.9. The van der Waals surface area contributed by atoms with Gasteiger partial charge in [0.25, 0.3) is 5.97 Å². The second kappa shape index (κ2) is 8.48. The number of benzene rings is 1. The maximum absolute atomic E-state index is 13.3. The molecule has 1 aromatic rings. The summed E-state index contributed by atoms with van der Waals surface area (Å²) in [6.45, 7) is 4.02. The number of fused-ring (bicyclic) bond motifs is 3. The topological polar surface area (TPSA) is 54.0 Å². The van der Waals surface area contributed by atoms with Gasteiger partial charge in [-0.3, -0.25) is 4.79 Å². The Morgan fingerprint density at radius 2 is 1.60 bits per heavy atom. The first kappa shape index (κ1) is 21.6. The number of ether oxygens (including phenoxy) is 4. The Bertz CT molecular complexity index is 743. The zero-order valence-electron chi connectivity index (χ0n) is 17.1. The van der Waals surface area contributed by atoms with Crippen LogP contribution in [0.25, 0.3) is 0 Å². The van der Waals surface area contributed by atoms with Crippen LogP contribution in [0.1, 0.15) is 51.9 Å². The summed E-state index contributed by atoms with van der Waals surface area (Å²) in [5.41, 5.74) is -0.0571. The van der Waals surface area contributed by atoms with Crippen molar-refractivity contribution < 1.29 is 36.9 Å². The predicted octanol–water partition coefficient (Wildman–Crippen LogP) is 4.72. The smallest absolute Gasteiger partial charge is 0.314 e. The average molecular weight is 428 g/mol. The monoisotopic (exact) mass is 428 g/mol. The minimum atomic E-state index is -1.59. The van der Waals surface area contributed by atoms with Gasteiger partial charge in [0.15, 0.2) is 17.5 Å². The third kappa shape index (κ3) is 4.09. The first-order valence-electron chi connectivity index (χ1n) is 10.6. The Kier molecular flexibility index (Phi) is 6.10. The second-order valence-corrected chi connectivity index (χ2v) is 8.74. The van der Waals surface area contributed by atoms with Crippen molar-refractivity contribution in [3.63, 3.8) is 0 Å². The highest BCUT2D eigenvalue weighted by molar-refractivity contribution is 5.75. The quantitative estimate of drug-likeness (QED) is 0.373. The van der Waals surface area contributed by atoms with Gasteiger partial charge in [-0.1, -0.05) is 19.8 Å². The third-order valence-electron chi connectivity index (χ3n) is 6.54. The molecular weight excluding hydrogens is 401 g/mol. The van der Waals surface area contributed by atoms with Crippen LogP contribution in [0.5, 0.6) is 5.75 Å². The highest BCUT2D eigenvalue weighted by Gasteiger charge is 2.56. The van der Waals surface area contributed by atoms with Crippen molar-refractivity contribution in [1.29, 1.82) is 0 Å². The molecule has 1 aliphatic carbocycles.